The van der Waals surface area contributed by atoms with Gasteiger partial charge in [-0.05, 0) is 81.8 Å². The maximum absolute atomic E-state index is 12.7. The van der Waals surface area contributed by atoms with Gasteiger partial charge in [-0.3, -0.25) is 14.8 Å². The molecule has 6 heteroatoms. The lowest BCUT2D eigenvalue weighted by Crippen LogP contribution is -2.57. The number of carbonyl (C=O) groups excluding carboxylic acids is 1. The van der Waals surface area contributed by atoms with Crippen LogP contribution in [-0.4, -0.2) is 37.9 Å². The maximum Gasteiger partial charge on any atom is 0.337 e. The summed E-state index contributed by atoms with van der Waals surface area (Å²) in [6, 6.07) is 27.5. The lowest BCUT2D eigenvalue weighted by molar-refractivity contribution is 0.0695. The first-order chi connectivity index (χ1) is 20.0. The molecule has 5 rings (SSSR count). The van der Waals surface area contributed by atoms with Crippen molar-refractivity contribution in [1.29, 1.82) is 0 Å². The molecule has 218 valence electrons. The van der Waals surface area contributed by atoms with E-state index in [1.807, 2.05) is 60.7 Å². The largest absolute Gasteiger partial charge is 0.478 e. The zero-order valence-electron chi connectivity index (χ0n) is 25.0. The number of hydrogen-bond acceptors (Lipinski definition) is 5. The Hall–Kier alpha value is -4.16. The summed E-state index contributed by atoms with van der Waals surface area (Å²) in [4.78, 5) is 32.0. The molecule has 1 aliphatic heterocycles. The van der Waals surface area contributed by atoms with Crippen LogP contribution >= 0.6 is 0 Å². The Balaban J connectivity index is 0.000000216. The number of rotatable bonds is 8. The number of carbonyl (C=O) groups is 2. The average Bonchev–Trinajstić information content (AvgIpc) is 2.93. The first kappa shape index (κ1) is 30.8. The molecule has 1 aliphatic rings. The molecule has 2 N–H and O–H groups in total. The van der Waals surface area contributed by atoms with E-state index < -0.39 is 5.97 Å². The number of pyridine rings is 2. The van der Waals surface area contributed by atoms with Crippen molar-refractivity contribution in [3.63, 3.8) is 0 Å². The Morgan fingerprint density at radius 3 is 1.57 bits per heavy atom. The molecule has 0 saturated carbocycles. The van der Waals surface area contributed by atoms with E-state index in [9.17, 15) is 9.59 Å². The summed E-state index contributed by atoms with van der Waals surface area (Å²) in [6.45, 7) is 8.91. The fourth-order valence-corrected chi connectivity index (χ4v) is 6.02. The third-order valence-electron chi connectivity index (χ3n) is 7.42. The standard InChI is InChI=1S/C23H30N2O.C13H11NO2/c1-22(2)14-18(15-23(3,4)25-22)13-21(26)19-10-11-20(24-16-19)12-17-8-6-5-7-9-17;15-13(16)11-6-7-12(14-9-11)8-10-4-2-1-3-5-10/h5-11,16,18,25H,12-15H2,1-4H3;1-7,9H,8H2,(H,15,16). The third kappa shape index (κ3) is 9.45. The normalized spacial score (nSPS) is 15.7. The summed E-state index contributed by atoms with van der Waals surface area (Å²) in [5.74, 6) is -0.321. The van der Waals surface area contributed by atoms with Crippen LogP contribution in [0.4, 0.5) is 0 Å². The number of hydrogen-bond donors (Lipinski definition) is 2. The molecule has 1 fully saturated rings. The van der Waals surface area contributed by atoms with E-state index in [0.29, 0.717) is 12.3 Å². The average molecular weight is 564 g/mol. The smallest absolute Gasteiger partial charge is 0.337 e. The number of aromatic carboxylic acids is 1. The molecule has 0 spiro atoms. The number of nitrogens with one attached hydrogen (secondary N) is 1. The van der Waals surface area contributed by atoms with E-state index in [0.717, 1.165) is 48.2 Å². The van der Waals surface area contributed by atoms with Crippen molar-refractivity contribution in [3.8, 4) is 0 Å². The Labute approximate surface area is 249 Å². The number of carboxylic acids is 1. The van der Waals surface area contributed by atoms with Gasteiger partial charge in [0.25, 0.3) is 0 Å². The Bertz CT molecular complexity index is 1430. The van der Waals surface area contributed by atoms with Gasteiger partial charge in [0.15, 0.2) is 5.78 Å². The summed E-state index contributed by atoms with van der Waals surface area (Å²) in [7, 11) is 0. The Morgan fingerprint density at radius 1 is 0.714 bits per heavy atom. The predicted octanol–water partition coefficient (Wildman–Crippen LogP) is 7.17. The van der Waals surface area contributed by atoms with Crippen LogP contribution in [0.3, 0.4) is 0 Å². The highest BCUT2D eigenvalue weighted by Crippen LogP contribution is 2.35. The number of aromatic nitrogens is 2. The highest BCUT2D eigenvalue weighted by molar-refractivity contribution is 5.95. The number of piperidine rings is 1. The van der Waals surface area contributed by atoms with Gasteiger partial charge in [0.05, 0.1) is 5.56 Å². The lowest BCUT2D eigenvalue weighted by Gasteiger charge is -2.46. The highest BCUT2D eigenvalue weighted by Gasteiger charge is 2.38. The molecule has 0 radical (unpaired) electrons. The molecule has 0 bridgehead atoms. The minimum atomic E-state index is -0.946. The van der Waals surface area contributed by atoms with E-state index in [1.165, 1.54) is 11.8 Å². The molecule has 42 heavy (non-hydrogen) atoms. The predicted molar refractivity (Wildman–Crippen MR) is 167 cm³/mol. The van der Waals surface area contributed by atoms with Gasteiger partial charge in [-0.2, -0.15) is 0 Å². The van der Waals surface area contributed by atoms with Crippen LogP contribution in [0.25, 0.3) is 0 Å². The zero-order valence-corrected chi connectivity index (χ0v) is 25.0. The summed E-state index contributed by atoms with van der Waals surface area (Å²) < 4.78 is 0. The molecule has 1 saturated heterocycles. The van der Waals surface area contributed by atoms with Crippen LogP contribution in [0.5, 0.6) is 0 Å². The summed E-state index contributed by atoms with van der Waals surface area (Å²) >= 11 is 0. The molecule has 0 aliphatic carbocycles. The molecule has 0 unspecified atom stereocenters. The SMILES string of the molecule is CC1(C)CC(CC(=O)c2ccc(Cc3ccccc3)nc2)CC(C)(C)N1.O=C(O)c1ccc(Cc2ccccc2)nc1. The van der Waals surface area contributed by atoms with E-state index in [4.69, 9.17) is 5.11 Å². The Kier molecular flexibility index (Phi) is 10.0. The fourth-order valence-electron chi connectivity index (χ4n) is 6.02. The van der Waals surface area contributed by atoms with E-state index >= 15 is 0 Å². The van der Waals surface area contributed by atoms with Crippen LogP contribution in [0.2, 0.25) is 0 Å². The summed E-state index contributed by atoms with van der Waals surface area (Å²) in [5.41, 5.74) is 5.37. The molecule has 3 heterocycles. The van der Waals surface area contributed by atoms with Gasteiger partial charge in [-0.1, -0.05) is 60.7 Å². The number of carboxylic acid groups (broad SMARTS) is 1. The third-order valence-corrected chi connectivity index (χ3v) is 7.42. The van der Waals surface area contributed by atoms with Gasteiger partial charge in [0.1, 0.15) is 0 Å². The van der Waals surface area contributed by atoms with Gasteiger partial charge in [0.2, 0.25) is 0 Å². The van der Waals surface area contributed by atoms with E-state index in [1.54, 1.807) is 18.3 Å². The van der Waals surface area contributed by atoms with Crippen molar-refractivity contribution in [2.45, 2.75) is 70.9 Å². The van der Waals surface area contributed by atoms with Gasteiger partial charge in [0, 0.05) is 59.7 Å². The van der Waals surface area contributed by atoms with Crippen molar-refractivity contribution in [3.05, 3.63) is 131 Å². The first-order valence-electron chi connectivity index (χ1n) is 14.5. The molecule has 0 atom stereocenters. The van der Waals surface area contributed by atoms with Crippen molar-refractivity contribution < 1.29 is 14.7 Å². The topological polar surface area (TPSA) is 92.2 Å². The van der Waals surface area contributed by atoms with Gasteiger partial charge in [-0.15, -0.1) is 0 Å². The molecular formula is C36H41N3O3. The molecular weight excluding hydrogens is 522 g/mol. The van der Waals surface area contributed by atoms with E-state index in [-0.39, 0.29) is 22.4 Å². The molecule has 2 aromatic heterocycles. The maximum atomic E-state index is 12.7. The highest BCUT2D eigenvalue weighted by atomic mass is 16.4. The minimum absolute atomic E-state index is 0.0739. The van der Waals surface area contributed by atoms with Crippen molar-refractivity contribution in [1.82, 2.24) is 15.3 Å². The first-order valence-corrected chi connectivity index (χ1v) is 14.5. The quantitative estimate of drug-likeness (QED) is 0.221. The second-order valence-electron chi connectivity index (χ2n) is 12.5. The number of nitrogens with zero attached hydrogens (tertiary/aromatic N) is 2. The number of ketones is 1. The van der Waals surface area contributed by atoms with Crippen LogP contribution in [0.1, 0.15) is 90.2 Å². The van der Waals surface area contributed by atoms with Crippen LogP contribution < -0.4 is 5.32 Å². The second-order valence-corrected chi connectivity index (χ2v) is 12.5. The van der Waals surface area contributed by atoms with Crippen molar-refractivity contribution in [2.75, 3.05) is 0 Å². The molecule has 2 aromatic carbocycles. The van der Waals surface area contributed by atoms with Crippen LogP contribution in [0, 0.1) is 5.92 Å². The monoisotopic (exact) mass is 563 g/mol. The summed E-state index contributed by atoms with van der Waals surface area (Å²) in [5, 5.41) is 12.4. The van der Waals surface area contributed by atoms with E-state index in [2.05, 4.69) is 55.1 Å². The van der Waals surface area contributed by atoms with Gasteiger partial charge >= 0.3 is 5.97 Å². The molecule has 4 aromatic rings. The van der Waals surface area contributed by atoms with Gasteiger partial charge in [-0.25, -0.2) is 4.79 Å². The molecule has 6 nitrogen and oxygen atoms in total. The summed E-state index contributed by atoms with van der Waals surface area (Å²) in [6.07, 6.45) is 7.32. The number of Topliss-reactive ketones (excluding diaryl/α,β-unsaturated/α-hetero) is 1. The van der Waals surface area contributed by atoms with Gasteiger partial charge < -0.3 is 10.4 Å². The Morgan fingerprint density at radius 2 is 1.17 bits per heavy atom. The zero-order chi connectivity index (χ0) is 30.2. The van der Waals surface area contributed by atoms with Crippen LogP contribution in [0.15, 0.2) is 97.3 Å². The lowest BCUT2D eigenvalue weighted by atomic mass is 9.74. The molecule has 0 amide bonds. The number of benzene rings is 2. The fraction of sp³-hybridized carbons (Fsp3) is 0.333. The minimum Gasteiger partial charge on any atom is -0.478 e. The van der Waals surface area contributed by atoms with Crippen molar-refractivity contribution >= 4 is 11.8 Å². The van der Waals surface area contributed by atoms with Crippen molar-refractivity contribution in [2.24, 2.45) is 5.92 Å². The second kappa shape index (κ2) is 13.7. The van der Waals surface area contributed by atoms with Crippen LogP contribution in [-0.2, 0) is 12.8 Å².